The quantitative estimate of drug-likeness (QED) is 0.782. The molecule has 1 atom stereocenters. The molecule has 0 bridgehead atoms. The summed E-state index contributed by atoms with van der Waals surface area (Å²) in [5.41, 5.74) is 2.14. The lowest BCUT2D eigenvalue weighted by atomic mass is 9.87. The van der Waals surface area contributed by atoms with Crippen LogP contribution in [0.25, 0.3) is 0 Å². The second-order valence-corrected chi connectivity index (χ2v) is 4.97. The minimum absolute atomic E-state index is 0.379. The fourth-order valence-electron chi connectivity index (χ4n) is 1.77. The van der Waals surface area contributed by atoms with E-state index in [0.717, 1.165) is 11.1 Å². The molecule has 1 heteroatoms. The lowest BCUT2D eigenvalue weighted by Gasteiger charge is -2.20. The minimum atomic E-state index is 0.379. The van der Waals surface area contributed by atoms with Crippen LogP contribution in [-0.2, 0) is 0 Å². The summed E-state index contributed by atoms with van der Waals surface area (Å²) in [6.07, 6.45) is 0. The summed E-state index contributed by atoms with van der Waals surface area (Å²) in [6.45, 7) is 10.8. The topological polar surface area (TPSA) is 20.2 Å². The molecule has 0 aliphatic rings. The number of benzene rings is 1. The van der Waals surface area contributed by atoms with E-state index in [0.29, 0.717) is 23.5 Å². The van der Waals surface area contributed by atoms with Gasteiger partial charge in [0, 0.05) is 0 Å². The Morgan fingerprint density at radius 2 is 1.47 bits per heavy atom. The maximum atomic E-state index is 10.2. The van der Waals surface area contributed by atoms with Gasteiger partial charge in [0.25, 0.3) is 0 Å². The van der Waals surface area contributed by atoms with Crippen molar-refractivity contribution in [2.45, 2.75) is 46.5 Å². The number of phenols is 1. The third-order valence-corrected chi connectivity index (χ3v) is 3.21. The zero-order valence-corrected chi connectivity index (χ0v) is 10.4. The van der Waals surface area contributed by atoms with E-state index in [1.807, 2.05) is 18.2 Å². The van der Waals surface area contributed by atoms with Gasteiger partial charge in [0.05, 0.1) is 0 Å². The zero-order chi connectivity index (χ0) is 11.6. The molecular formula is C14H22O. The smallest absolute Gasteiger partial charge is 0.122 e. The van der Waals surface area contributed by atoms with Crippen LogP contribution in [0.15, 0.2) is 18.2 Å². The summed E-state index contributed by atoms with van der Waals surface area (Å²) in [4.78, 5) is 0. The van der Waals surface area contributed by atoms with E-state index in [1.165, 1.54) is 0 Å². The lowest BCUT2D eigenvalue weighted by molar-refractivity contribution is 0.437. The summed E-state index contributed by atoms with van der Waals surface area (Å²) in [5.74, 6) is 1.83. The van der Waals surface area contributed by atoms with Crippen LogP contribution < -0.4 is 0 Å². The predicted molar refractivity (Wildman–Crippen MR) is 65.4 cm³/mol. The van der Waals surface area contributed by atoms with Gasteiger partial charge >= 0.3 is 0 Å². The Hall–Kier alpha value is -0.980. The van der Waals surface area contributed by atoms with Crippen molar-refractivity contribution < 1.29 is 5.11 Å². The molecule has 0 aliphatic heterocycles. The fraction of sp³-hybridized carbons (Fsp3) is 0.571. The molecule has 1 nitrogen and oxygen atoms in total. The van der Waals surface area contributed by atoms with Crippen molar-refractivity contribution in [3.63, 3.8) is 0 Å². The van der Waals surface area contributed by atoms with Gasteiger partial charge in [0.15, 0.2) is 0 Å². The normalized spacial score (nSPS) is 13.5. The summed E-state index contributed by atoms with van der Waals surface area (Å²) >= 11 is 0. The molecule has 1 rings (SSSR count). The molecule has 1 aromatic rings. The van der Waals surface area contributed by atoms with Gasteiger partial charge in [0.2, 0.25) is 0 Å². The van der Waals surface area contributed by atoms with Gasteiger partial charge in [-0.05, 0) is 28.9 Å². The van der Waals surface area contributed by atoms with Crippen molar-refractivity contribution >= 4 is 0 Å². The van der Waals surface area contributed by atoms with Crippen LogP contribution in [0.3, 0.4) is 0 Å². The van der Waals surface area contributed by atoms with Gasteiger partial charge in [-0.2, -0.15) is 0 Å². The molecule has 0 radical (unpaired) electrons. The number of para-hydroxylation sites is 1. The second kappa shape index (κ2) is 4.69. The summed E-state index contributed by atoms with van der Waals surface area (Å²) in [5, 5.41) is 10.2. The Bertz CT molecular complexity index is 326. The first-order valence-corrected chi connectivity index (χ1v) is 5.77. The SMILES string of the molecule is CC(C)c1cccc(C(C)C(C)C)c1O. The van der Waals surface area contributed by atoms with E-state index in [1.54, 1.807) is 0 Å². The van der Waals surface area contributed by atoms with Gasteiger partial charge in [-0.25, -0.2) is 0 Å². The van der Waals surface area contributed by atoms with Crippen molar-refractivity contribution in [1.82, 2.24) is 0 Å². The average Bonchev–Trinajstić information content (AvgIpc) is 2.16. The van der Waals surface area contributed by atoms with Crippen LogP contribution in [0.2, 0.25) is 0 Å². The highest BCUT2D eigenvalue weighted by atomic mass is 16.3. The maximum Gasteiger partial charge on any atom is 0.122 e. The van der Waals surface area contributed by atoms with Gasteiger partial charge in [-0.1, -0.05) is 52.8 Å². The standard InChI is InChI=1S/C14H22O/c1-9(2)11(5)13-8-6-7-12(10(3)4)14(13)15/h6-11,15H,1-5H3. The molecule has 0 saturated heterocycles. The van der Waals surface area contributed by atoms with E-state index in [2.05, 4.69) is 34.6 Å². The molecule has 0 aliphatic carbocycles. The Kier molecular flexibility index (Phi) is 3.78. The van der Waals surface area contributed by atoms with Crippen molar-refractivity contribution in [3.8, 4) is 5.75 Å². The first-order valence-electron chi connectivity index (χ1n) is 5.77. The average molecular weight is 206 g/mol. The number of rotatable bonds is 3. The monoisotopic (exact) mass is 206 g/mol. The first kappa shape index (κ1) is 12.1. The summed E-state index contributed by atoms with van der Waals surface area (Å²) in [6, 6.07) is 6.09. The third kappa shape index (κ3) is 2.53. The number of phenolic OH excluding ortho intramolecular Hbond substituents is 1. The molecule has 0 spiro atoms. The lowest BCUT2D eigenvalue weighted by Crippen LogP contribution is -2.03. The van der Waals surface area contributed by atoms with E-state index >= 15 is 0 Å². The van der Waals surface area contributed by atoms with E-state index in [9.17, 15) is 5.11 Å². The molecule has 0 amide bonds. The van der Waals surface area contributed by atoms with Gasteiger partial charge in [0.1, 0.15) is 5.75 Å². The maximum absolute atomic E-state index is 10.2. The molecule has 1 aromatic carbocycles. The van der Waals surface area contributed by atoms with Crippen molar-refractivity contribution in [2.75, 3.05) is 0 Å². The molecule has 84 valence electrons. The summed E-state index contributed by atoms with van der Waals surface area (Å²) in [7, 11) is 0. The van der Waals surface area contributed by atoms with E-state index < -0.39 is 0 Å². The van der Waals surface area contributed by atoms with Crippen molar-refractivity contribution in [3.05, 3.63) is 29.3 Å². The summed E-state index contributed by atoms with van der Waals surface area (Å²) < 4.78 is 0. The van der Waals surface area contributed by atoms with Crippen LogP contribution in [0.5, 0.6) is 5.75 Å². The highest BCUT2D eigenvalue weighted by molar-refractivity contribution is 5.43. The molecule has 0 fully saturated rings. The molecule has 0 aromatic heterocycles. The number of hydrogen-bond acceptors (Lipinski definition) is 1. The Labute approximate surface area is 93.1 Å². The van der Waals surface area contributed by atoms with Crippen LogP contribution in [0, 0.1) is 5.92 Å². The van der Waals surface area contributed by atoms with Gasteiger partial charge < -0.3 is 5.11 Å². The largest absolute Gasteiger partial charge is 0.507 e. The first-order chi connectivity index (χ1) is 6.95. The van der Waals surface area contributed by atoms with Crippen LogP contribution in [-0.4, -0.2) is 5.11 Å². The zero-order valence-electron chi connectivity index (χ0n) is 10.4. The Balaban J connectivity index is 3.15. The number of hydrogen-bond donors (Lipinski definition) is 1. The van der Waals surface area contributed by atoms with Crippen molar-refractivity contribution in [1.29, 1.82) is 0 Å². The predicted octanol–water partition coefficient (Wildman–Crippen LogP) is 4.28. The van der Waals surface area contributed by atoms with Crippen LogP contribution in [0.4, 0.5) is 0 Å². The van der Waals surface area contributed by atoms with Crippen LogP contribution in [0.1, 0.15) is 57.6 Å². The molecule has 1 N–H and O–H groups in total. The molecular weight excluding hydrogens is 184 g/mol. The number of aromatic hydroxyl groups is 1. The highest BCUT2D eigenvalue weighted by Gasteiger charge is 2.17. The van der Waals surface area contributed by atoms with Crippen molar-refractivity contribution in [2.24, 2.45) is 5.92 Å². The minimum Gasteiger partial charge on any atom is -0.507 e. The molecule has 0 saturated carbocycles. The Morgan fingerprint density at radius 3 is 1.93 bits per heavy atom. The van der Waals surface area contributed by atoms with E-state index in [4.69, 9.17) is 0 Å². The van der Waals surface area contributed by atoms with Crippen LogP contribution >= 0.6 is 0 Å². The fourth-order valence-corrected chi connectivity index (χ4v) is 1.77. The van der Waals surface area contributed by atoms with Gasteiger partial charge in [-0.15, -0.1) is 0 Å². The second-order valence-electron chi connectivity index (χ2n) is 4.97. The molecule has 1 unspecified atom stereocenters. The van der Waals surface area contributed by atoms with E-state index in [-0.39, 0.29) is 0 Å². The highest BCUT2D eigenvalue weighted by Crippen LogP contribution is 2.35. The molecule has 0 heterocycles. The Morgan fingerprint density at radius 1 is 0.933 bits per heavy atom. The molecule has 15 heavy (non-hydrogen) atoms. The third-order valence-electron chi connectivity index (χ3n) is 3.21. The van der Waals surface area contributed by atoms with Gasteiger partial charge in [-0.3, -0.25) is 0 Å².